The van der Waals surface area contributed by atoms with Crippen molar-refractivity contribution in [2.45, 2.75) is 51.0 Å². The molecule has 5 nitrogen and oxygen atoms in total. The number of ether oxygens (including phenoxy) is 1. The van der Waals surface area contributed by atoms with E-state index in [9.17, 15) is 14.7 Å². The van der Waals surface area contributed by atoms with E-state index < -0.39 is 12.1 Å². The lowest BCUT2D eigenvalue weighted by molar-refractivity contribution is -0.137. The van der Waals surface area contributed by atoms with Crippen LogP contribution in [0.1, 0.15) is 56.1 Å². The number of hydrogen-bond donors (Lipinski definition) is 2. The van der Waals surface area contributed by atoms with Crippen LogP contribution in [0.4, 0.5) is 4.79 Å². The molecule has 158 valence electrons. The Morgan fingerprint density at radius 3 is 2.13 bits per heavy atom. The first kappa shape index (κ1) is 20.5. The molecule has 30 heavy (non-hydrogen) atoms. The molecule has 0 radical (unpaired) electrons. The van der Waals surface area contributed by atoms with Crippen LogP contribution in [-0.4, -0.2) is 29.8 Å². The lowest BCUT2D eigenvalue weighted by Gasteiger charge is -2.32. The predicted octanol–water partition coefficient (Wildman–Crippen LogP) is 5.19. The van der Waals surface area contributed by atoms with Crippen molar-refractivity contribution in [3.8, 4) is 11.1 Å². The van der Waals surface area contributed by atoms with Crippen molar-refractivity contribution in [1.82, 2.24) is 5.32 Å². The van der Waals surface area contributed by atoms with Gasteiger partial charge in [-0.1, -0.05) is 68.3 Å². The largest absolute Gasteiger partial charge is 0.481 e. The molecule has 0 bridgehead atoms. The maximum atomic E-state index is 12.6. The molecule has 0 spiro atoms. The van der Waals surface area contributed by atoms with Crippen LogP contribution < -0.4 is 5.32 Å². The van der Waals surface area contributed by atoms with Crippen molar-refractivity contribution in [2.24, 2.45) is 11.8 Å². The molecule has 4 rings (SSSR count). The third kappa shape index (κ3) is 4.35. The topological polar surface area (TPSA) is 75.6 Å². The van der Waals surface area contributed by atoms with Crippen molar-refractivity contribution in [3.63, 3.8) is 0 Å². The molecule has 1 amide bonds. The van der Waals surface area contributed by atoms with E-state index in [-0.39, 0.29) is 30.9 Å². The molecular weight excluding hydrogens is 378 g/mol. The minimum absolute atomic E-state index is 0.00314. The van der Waals surface area contributed by atoms with Crippen LogP contribution in [-0.2, 0) is 9.53 Å². The second-order valence-electron chi connectivity index (χ2n) is 8.69. The van der Waals surface area contributed by atoms with Gasteiger partial charge in [-0.25, -0.2) is 4.79 Å². The third-order valence-corrected chi connectivity index (χ3v) is 6.67. The quantitative estimate of drug-likeness (QED) is 0.691. The van der Waals surface area contributed by atoms with E-state index in [1.807, 2.05) is 24.3 Å². The molecular formula is C25H29NO4. The van der Waals surface area contributed by atoms with Crippen LogP contribution >= 0.6 is 0 Å². The SMILES string of the molecule is CC1CCC(C(CC(=O)O)NC(=O)OCC2c3ccccc3-c3ccccc32)CC1. The second-order valence-corrected chi connectivity index (χ2v) is 8.69. The number of fused-ring (bicyclic) bond motifs is 3. The lowest BCUT2D eigenvalue weighted by atomic mass is 9.78. The molecule has 2 aromatic rings. The number of alkyl carbamates (subject to hydrolysis) is 1. The van der Waals surface area contributed by atoms with Crippen molar-refractivity contribution >= 4 is 12.1 Å². The molecule has 0 saturated heterocycles. The van der Waals surface area contributed by atoms with Crippen molar-refractivity contribution in [2.75, 3.05) is 6.61 Å². The van der Waals surface area contributed by atoms with E-state index in [2.05, 4.69) is 36.5 Å². The molecule has 2 aromatic carbocycles. The number of carboxylic acids is 1. The third-order valence-electron chi connectivity index (χ3n) is 6.67. The highest BCUT2D eigenvalue weighted by Crippen LogP contribution is 2.44. The van der Waals surface area contributed by atoms with Crippen LogP contribution in [0.5, 0.6) is 0 Å². The maximum absolute atomic E-state index is 12.6. The average Bonchev–Trinajstić information content (AvgIpc) is 3.06. The molecule has 1 fully saturated rings. The zero-order chi connectivity index (χ0) is 21.1. The highest BCUT2D eigenvalue weighted by atomic mass is 16.5. The monoisotopic (exact) mass is 407 g/mol. The van der Waals surface area contributed by atoms with Crippen LogP contribution in [0.25, 0.3) is 11.1 Å². The fraction of sp³-hybridized carbons (Fsp3) is 0.440. The summed E-state index contributed by atoms with van der Waals surface area (Å²) >= 11 is 0. The highest BCUT2D eigenvalue weighted by Gasteiger charge is 2.31. The Bertz CT molecular complexity index is 871. The molecule has 2 N–H and O–H groups in total. The van der Waals surface area contributed by atoms with Gasteiger partial charge in [0.1, 0.15) is 6.61 Å². The van der Waals surface area contributed by atoms with Crippen LogP contribution in [0.3, 0.4) is 0 Å². The number of carbonyl (C=O) groups excluding carboxylic acids is 1. The number of hydrogen-bond acceptors (Lipinski definition) is 3. The van der Waals surface area contributed by atoms with Crippen molar-refractivity contribution in [1.29, 1.82) is 0 Å². The molecule has 2 aliphatic rings. The number of amides is 1. The van der Waals surface area contributed by atoms with Gasteiger partial charge in [-0.3, -0.25) is 4.79 Å². The summed E-state index contributed by atoms with van der Waals surface area (Å²) in [4.78, 5) is 23.9. The number of rotatable bonds is 6. The number of benzene rings is 2. The summed E-state index contributed by atoms with van der Waals surface area (Å²) in [5.41, 5.74) is 4.69. The van der Waals surface area contributed by atoms with E-state index in [1.54, 1.807) is 0 Å². The van der Waals surface area contributed by atoms with E-state index in [1.165, 1.54) is 11.1 Å². The predicted molar refractivity (Wildman–Crippen MR) is 115 cm³/mol. The molecule has 1 saturated carbocycles. The van der Waals surface area contributed by atoms with Gasteiger partial charge in [-0.2, -0.15) is 0 Å². The van der Waals surface area contributed by atoms with Gasteiger partial charge in [0.15, 0.2) is 0 Å². The number of carbonyl (C=O) groups is 2. The number of carboxylic acid groups (broad SMARTS) is 1. The zero-order valence-corrected chi connectivity index (χ0v) is 17.3. The Morgan fingerprint density at radius 1 is 1.00 bits per heavy atom. The Hall–Kier alpha value is -2.82. The van der Waals surface area contributed by atoms with Gasteiger partial charge in [0.25, 0.3) is 0 Å². The van der Waals surface area contributed by atoms with Crippen LogP contribution in [0, 0.1) is 11.8 Å². The summed E-state index contributed by atoms with van der Waals surface area (Å²) in [5.74, 6) is -0.0341. The fourth-order valence-electron chi connectivity index (χ4n) is 5.00. The molecule has 2 aliphatic carbocycles. The molecule has 1 unspecified atom stereocenters. The first-order chi connectivity index (χ1) is 14.5. The first-order valence-corrected chi connectivity index (χ1v) is 10.9. The normalized spacial score (nSPS) is 21.4. The van der Waals surface area contributed by atoms with E-state index in [0.29, 0.717) is 5.92 Å². The molecule has 0 aromatic heterocycles. The average molecular weight is 408 g/mol. The number of aliphatic carboxylic acids is 1. The Labute approximate surface area is 177 Å². The fourth-order valence-corrected chi connectivity index (χ4v) is 5.00. The van der Waals surface area contributed by atoms with Gasteiger partial charge in [-0.15, -0.1) is 0 Å². The molecule has 0 aliphatic heterocycles. The summed E-state index contributed by atoms with van der Waals surface area (Å²) in [7, 11) is 0. The molecule has 0 heterocycles. The molecule has 5 heteroatoms. The summed E-state index contributed by atoms with van der Waals surface area (Å²) in [5, 5.41) is 12.2. The Morgan fingerprint density at radius 2 is 1.57 bits per heavy atom. The minimum Gasteiger partial charge on any atom is -0.481 e. The van der Waals surface area contributed by atoms with Gasteiger partial charge in [0, 0.05) is 12.0 Å². The first-order valence-electron chi connectivity index (χ1n) is 10.9. The standard InChI is InChI=1S/C25H29NO4/c1-16-10-12-17(13-11-16)23(14-24(27)28)26-25(29)30-15-22-20-8-4-2-6-18(20)19-7-3-5-9-21(19)22/h2-9,16-17,22-23H,10-15H2,1H3,(H,26,29)(H,27,28). The van der Waals surface area contributed by atoms with Crippen LogP contribution in [0.2, 0.25) is 0 Å². The van der Waals surface area contributed by atoms with Crippen LogP contribution in [0.15, 0.2) is 48.5 Å². The Balaban J connectivity index is 1.42. The smallest absolute Gasteiger partial charge is 0.407 e. The highest BCUT2D eigenvalue weighted by molar-refractivity contribution is 5.79. The zero-order valence-electron chi connectivity index (χ0n) is 17.3. The maximum Gasteiger partial charge on any atom is 0.407 e. The van der Waals surface area contributed by atoms with E-state index in [0.717, 1.165) is 36.8 Å². The summed E-state index contributed by atoms with van der Waals surface area (Å²) in [6.07, 6.45) is 3.46. The summed E-state index contributed by atoms with van der Waals surface area (Å²) in [6, 6.07) is 16.0. The van der Waals surface area contributed by atoms with Crippen molar-refractivity contribution in [3.05, 3.63) is 59.7 Å². The summed E-state index contributed by atoms with van der Waals surface area (Å²) < 4.78 is 5.62. The van der Waals surface area contributed by atoms with Gasteiger partial charge >= 0.3 is 12.1 Å². The number of nitrogens with one attached hydrogen (secondary N) is 1. The molecule has 1 atom stereocenters. The van der Waals surface area contributed by atoms with Gasteiger partial charge < -0.3 is 15.2 Å². The van der Waals surface area contributed by atoms with E-state index in [4.69, 9.17) is 4.74 Å². The lowest BCUT2D eigenvalue weighted by Crippen LogP contribution is -2.43. The van der Waals surface area contributed by atoms with Crippen molar-refractivity contribution < 1.29 is 19.4 Å². The van der Waals surface area contributed by atoms with Gasteiger partial charge in [0.2, 0.25) is 0 Å². The van der Waals surface area contributed by atoms with Gasteiger partial charge in [0.05, 0.1) is 6.42 Å². The summed E-state index contributed by atoms with van der Waals surface area (Å²) in [6.45, 7) is 2.46. The minimum atomic E-state index is -0.891. The Kier molecular flexibility index (Phi) is 6.07. The second kappa shape index (κ2) is 8.90. The van der Waals surface area contributed by atoms with E-state index >= 15 is 0 Å². The van der Waals surface area contributed by atoms with Gasteiger partial charge in [-0.05, 0) is 46.9 Å².